The molecular formula is C23H24ClNO5S2. The molecule has 3 rings (SSSR count). The fourth-order valence-corrected chi connectivity index (χ4v) is 4.66. The summed E-state index contributed by atoms with van der Waals surface area (Å²) in [4.78, 5) is 14.6. The van der Waals surface area contributed by atoms with E-state index in [4.69, 9.17) is 42.8 Å². The van der Waals surface area contributed by atoms with Crippen LogP contribution in [0, 0.1) is 0 Å². The molecule has 9 heteroatoms. The zero-order valence-electron chi connectivity index (χ0n) is 18.1. The average Bonchev–Trinajstić information content (AvgIpc) is 3.06. The van der Waals surface area contributed by atoms with Crippen LogP contribution in [0.4, 0.5) is 0 Å². The first kappa shape index (κ1) is 24.2. The minimum absolute atomic E-state index is 0.103. The second-order valence-electron chi connectivity index (χ2n) is 6.69. The molecule has 1 fully saturated rings. The molecule has 1 aliphatic heterocycles. The molecule has 0 aromatic heterocycles. The van der Waals surface area contributed by atoms with Gasteiger partial charge in [-0.1, -0.05) is 41.6 Å². The molecule has 0 radical (unpaired) electrons. The molecule has 0 aliphatic carbocycles. The standard InChI is InChI=1S/C23H24ClNO5S2/c1-4-25-22(26)20(32-23(25)31)13-15-11-18(24)21(19(12-15)28-3)30-10-6-9-29-17-8-5-7-16(14-17)27-2/h5,7-8,11-14H,4,6,9-10H2,1-3H3. The summed E-state index contributed by atoms with van der Waals surface area (Å²) in [5.74, 6) is 2.32. The van der Waals surface area contributed by atoms with Crippen molar-refractivity contribution in [2.24, 2.45) is 0 Å². The number of thioether (sulfide) groups is 1. The van der Waals surface area contributed by atoms with Gasteiger partial charge in [-0.2, -0.15) is 0 Å². The highest BCUT2D eigenvalue weighted by Gasteiger charge is 2.30. The Labute approximate surface area is 202 Å². The van der Waals surface area contributed by atoms with E-state index >= 15 is 0 Å². The molecule has 2 aromatic carbocycles. The Morgan fingerprint density at radius 1 is 1.09 bits per heavy atom. The number of halogens is 1. The highest BCUT2D eigenvalue weighted by Crippen LogP contribution is 2.39. The first-order chi connectivity index (χ1) is 15.5. The van der Waals surface area contributed by atoms with Crippen molar-refractivity contribution in [3.8, 4) is 23.0 Å². The maximum Gasteiger partial charge on any atom is 0.266 e. The maximum absolute atomic E-state index is 12.4. The maximum atomic E-state index is 12.4. The molecule has 2 aromatic rings. The van der Waals surface area contributed by atoms with E-state index in [2.05, 4.69) is 0 Å². The number of likely N-dealkylation sites (N-methyl/N-ethyl adjacent to an activating group) is 1. The summed E-state index contributed by atoms with van der Waals surface area (Å²) in [6, 6.07) is 11.0. The topological polar surface area (TPSA) is 57.2 Å². The predicted octanol–water partition coefficient (Wildman–Crippen LogP) is 5.43. The minimum atomic E-state index is -0.103. The fraction of sp³-hybridized carbons (Fsp3) is 0.304. The van der Waals surface area contributed by atoms with E-state index in [0.717, 1.165) is 17.1 Å². The molecule has 0 saturated carbocycles. The number of ether oxygens (including phenoxy) is 4. The lowest BCUT2D eigenvalue weighted by Gasteiger charge is -2.14. The Balaban J connectivity index is 1.61. The molecule has 0 bridgehead atoms. The van der Waals surface area contributed by atoms with Gasteiger partial charge in [0.25, 0.3) is 5.91 Å². The Morgan fingerprint density at radius 3 is 2.53 bits per heavy atom. The van der Waals surface area contributed by atoms with E-state index in [-0.39, 0.29) is 5.91 Å². The van der Waals surface area contributed by atoms with Gasteiger partial charge in [-0.05, 0) is 42.8 Å². The lowest BCUT2D eigenvalue weighted by Crippen LogP contribution is -2.27. The number of hydrogen-bond donors (Lipinski definition) is 0. The van der Waals surface area contributed by atoms with Gasteiger partial charge in [0, 0.05) is 19.0 Å². The third-order valence-corrected chi connectivity index (χ3v) is 6.24. The summed E-state index contributed by atoms with van der Waals surface area (Å²) >= 11 is 13.0. The lowest BCUT2D eigenvalue weighted by atomic mass is 10.1. The lowest BCUT2D eigenvalue weighted by molar-refractivity contribution is -0.121. The van der Waals surface area contributed by atoms with Crippen LogP contribution >= 0.6 is 35.6 Å². The van der Waals surface area contributed by atoms with Crippen molar-refractivity contribution in [1.29, 1.82) is 0 Å². The first-order valence-electron chi connectivity index (χ1n) is 9.99. The number of benzene rings is 2. The number of carbonyl (C=O) groups is 1. The van der Waals surface area contributed by atoms with Crippen LogP contribution in [-0.4, -0.2) is 49.1 Å². The molecule has 6 nitrogen and oxygen atoms in total. The van der Waals surface area contributed by atoms with E-state index in [1.54, 1.807) is 37.3 Å². The third kappa shape index (κ3) is 5.88. The first-order valence-corrected chi connectivity index (χ1v) is 11.6. The van der Waals surface area contributed by atoms with E-state index in [9.17, 15) is 4.79 Å². The van der Waals surface area contributed by atoms with Crippen LogP contribution in [0.5, 0.6) is 23.0 Å². The Kier molecular flexibility index (Phi) is 8.67. The van der Waals surface area contributed by atoms with Crippen molar-refractivity contribution >= 4 is 51.9 Å². The van der Waals surface area contributed by atoms with Gasteiger partial charge in [0.05, 0.1) is 37.4 Å². The fourth-order valence-electron chi connectivity index (χ4n) is 3.00. The number of thiocarbonyl (C=S) groups is 1. The SMILES string of the molecule is CCN1C(=O)C(=Cc2cc(Cl)c(OCCCOc3cccc(OC)c3)c(OC)c2)SC1=S. The number of rotatable bonds is 10. The Hall–Kier alpha value is -2.42. The quantitative estimate of drug-likeness (QED) is 0.248. The number of hydrogen-bond acceptors (Lipinski definition) is 7. The molecule has 0 unspecified atom stereocenters. The van der Waals surface area contributed by atoms with Crippen LogP contribution in [0.25, 0.3) is 6.08 Å². The van der Waals surface area contributed by atoms with Crippen LogP contribution in [0.3, 0.4) is 0 Å². The Morgan fingerprint density at radius 2 is 1.84 bits per heavy atom. The van der Waals surface area contributed by atoms with Crippen molar-refractivity contribution in [1.82, 2.24) is 4.90 Å². The van der Waals surface area contributed by atoms with E-state index < -0.39 is 0 Å². The van der Waals surface area contributed by atoms with Gasteiger partial charge in [0.1, 0.15) is 15.8 Å². The van der Waals surface area contributed by atoms with Gasteiger partial charge < -0.3 is 18.9 Å². The molecular weight excluding hydrogens is 470 g/mol. The Bertz CT molecular complexity index is 1030. The molecule has 1 heterocycles. The summed E-state index contributed by atoms with van der Waals surface area (Å²) in [7, 11) is 3.16. The van der Waals surface area contributed by atoms with E-state index in [1.807, 2.05) is 31.2 Å². The molecule has 1 saturated heterocycles. The molecule has 170 valence electrons. The largest absolute Gasteiger partial charge is 0.497 e. The molecule has 1 aliphatic rings. The monoisotopic (exact) mass is 493 g/mol. The highest BCUT2D eigenvalue weighted by molar-refractivity contribution is 8.26. The van der Waals surface area contributed by atoms with E-state index in [1.165, 1.54) is 11.8 Å². The van der Waals surface area contributed by atoms with Crippen LogP contribution in [-0.2, 0) is 4.79 Å². The summed E-state index contributed by atoms with van der Waals surface area (Å²) in [5.41, 5.74) is 0.733. The predicted molar refractivity (Wildman–Crippen MR) is 132 cm³/mol. The summed E-state index contributed by atoms with van der Waals surface area (Å²) in [6.45, 7) is 3.31. The van der Waals surface area contributed by atoms with Crippen LogP contribution < -0.4 is 18.9 Å². The molecule has 0 N–H and O–H groups in total. The number of nitrogens with zero attached hydrogens (tertiary/aromatic N) is 1. The molecule has 32 heavy (non-hydrogen) atoms. The normalized spacial score (nSPS) is 14.8. The zero-order valence-corrected chi connectivity index (χ0v) is 20.4. The summed E-state index contributed by atoms with van der Waals surface area (Å²) < 4.78 is 22.8. The molecule has 0 atom stereocenters. The second-order valence-corrected chi connectivity index (χ2v) is 8.77. The van der Waals surface area contributed by atoms with Gasteiger partial charge in [0.15, 0.2) is 11.5 Å². The van der Waals surface area contributed by atoms with E-state index in [0.29, 0.717) is 51.9 Å². The van der Waals surface area contributed by atoms with Gasteiger partial charge in [-0.25, -0.2) is 0 Å². The van der Waals surface area contributed by atoms with Crippen molar-refractivity contribution in [2.45, 2.75) is 13.3 Å². The number of carbonyl (C=O) groups excluding carboxylic acids is 1. The van der Waals surface area contributed by atoms with Gasteiger partial charge >= 0.3 is 0 Å². The van der Waals surface area contributed by atoms with Crippen LogP contribution in [0.15, 0.2) is 41.3 Å². The van der Waals surface area contributed by atoms with Crippen LogP contribution in [0.1, 0.15) is 18.9 Å². The van der Waals surface area contributed by atoms with Gasteiger partial charge in [-0.3, -0.25) is 9.69 Å². The zero-order chi connectivity index (χ0) is 23.1. The smallest absolute Gasteiger partial charge is 0.266 e. The number of amides is 1. The van der Waals surface area contributed by atoms with Crippen molar-refractivity contribution in [3.63, 3.8) is 0 Å². The second kappa shape index (κ2) is 11.4. The minimum Gasteiger partial charge on any atom is -0.497 e. The van der Waals surface area contributed by atoms with Gasteiger partial charge in [-0.15, -0.1) is 0 Å². The van der Waals surface area contributed by atoms with Crippen LogP contribution in [0.2, 0.25) is 5.02 Å². The van der Waals surface area contributed by atoms with Crippen molar-refractivity contribution in [2.75, 3.05) is 34.0 Å². The molecule has 0 spiro atoms. The third-order valence-electron chi connectivity index (χ3n) is 4.58. The highest BCUT2D eigenvalue weighted by atomic mass is 35.5. The van der Waals surface area contributed by atoms with Crippen molar-refractivity contribution < 1.29 is 23.7 Å². The van der Waals surface area contributed by atoms with Crippen molar-refractivity contribution in [3.05, 3.63) is 51.9 Å². The summed E-state index contributed by atoms with van der Waals surface area (Å²) in [5, 5.41) is 0.398. The average molecular weight is 494 g/mol. The van der Waals surface area contributed by atoms with Gasteiger partial charge in [0.2, 0.25) is 0 Å². The summed E-state index contributed by atoms with van der Waals surface area (Å²) in [6.07, 6.45) is 2.41. The number of methoxy groups -OCH3 is 2. The molecule has 1 amide bonds.